The van der Waals surface area contributed by atoms with E-state index in [1.807, 2.05) is 18.2 Å². The van der Waals surface area contributed by atoms with Crippen LogP contribution in [0, 0.1) is 0 Å². The van der Waals surface area contributed by atoms with Crippen LogP contribution in [0.3, 0.4) is 0 Å². The molecule has 1 aliphatic heterocycles. The van der Waals surface area contributed by atoms with Gasteiger partial charge in [-0.15, -0.1) is 0 Å². The Bertz CT molecular complexity index is 560. The second kappa shape index (κ2) is 8.18. The number of ether oxygens (including phenoxy) is 2. The molecule has 1 heterocycles. The van der Waals surface area contributed by atoms with Crippen LogP contribution in [0.4, 0.5) is 13.2 Å². The summed E-state index contributed by atoms with van der Waals surface area (Å²) in [6.45, 7) is -0.667. The molecule has 1 fully saturated rings. The van der Waals surface area contributed by atoms with E-state index < -0.39 is 25.3 Å². The molecule has 0 bridgehead atoms. The fourth-order valence-electron chi connectivity index (χ4n) is 2.73. The van der Waals surface area contributed by atoms with Crippen molar-refractivity contribution in [2.45, 2.75) is 24.4 Å². The van der Waals surface area contributed by atoms with Crippen molar-refractivity contribution >= 4 is 17.5 Å². The molecule has 8 heteroatoms. The molecule has 1 saturated heterocycles. The molecule has 0 unspecified atom stereocenters. The van der Waals surface area contributed by atoms with E-state index in [1.54, 1.807) is 6.07 Å². The van der Waals surface area contributed by atoms with Crippen molar-refractivity contribution in [2.75, 3.05) is 33.0 Å². The van der Waals surface area contributed by atoms with Gasteiger partial charge >= 0.3 is 6.18 Å². The second-order valence-electron chi connectivity index (χ2n) is 5.79. The largest absolute Gasteiger partial charge is 0.411 e. The molecule has 134 valence electrons. The Morgan fingerprint density at radius 3 is 2.67 bits per heavy atom. The van der Waals surface area contributed by atoms with Crippen LogP contribution in [-0.4, -0.2) is 45.1 Å². The Morgan fingerprint density at radius 1 is 1.33 bits per heavy atom. The highest BCUT2D eigenvalue weighted by molar-refractivity contribution is 6.30. The maximum Gasteiger partial charge on any atom is 0.411 e. The summed E-state index contributed by atoms with van der Waals surface area (Å²) in [4.78, 5) is 11.8. The topological polar surface area (TPSA) is 47.6 Å². The second-order valence-corrected chi connectivity index (χ2v) is 6.22. The van der Waals surface area contributed by atoms with Crippen LogP contribution < -0.4 is 5.32 Å². The molecule has 0 aliphatic carbocycles. The molecule has 0 radical (unpaired) electrons. The number of rotatable bonds is 6. The fraction of sp³-hybridized carbons (Fsp3) is 0.562. The number of alkyl halides is 3. The van der Waals surface area contributed by atoms with E-state index in [0.717, 1.165) is 5.56 Å². The zero-order valence-electron chi connectivity index (χ0n) is 13.0. The van der Waals surface area contributed by atoms with E-state index in [0.29, 0.717) is 37.6 Å². The van der Waals surface area contributed by atoms with Crippen molar-refractivity contribution in [1.82, 2.24) is 5.32 Å². The number of benzene rings is 1. The Balaban J connectivity index is 1.96. The van der Waals surface area contributed by atoms with E-state index in [2.05, 4.69) is 10.1 Å². The van der Waals surface area contributed by atoms with Gasteiger partial charge in [-0.1, -0.05) is 23.7 Å². The molecule has 0 spiro atoms. The standard InChI is InChI=1S/C16H19ClF3NO3/c17-13-3-1-2-12(8-13)15(4-6-23-7-5-15)10-21-14(22)9-24-11-16(18,19)20/h1-3,8H,4-7,9-11H2,(H,21,22). The predicted octanol–water partition coefficient (Wildman–Crippen LogP) is 3.08. The quantitative estimate of drug-likeness (QED) is 0.842. The summed E-state index contributed by atoms with van der Waals surface area (Å²) in [7, 11) is 0. The first-order valence-corrected chi connectivity index (χ1v) is 7.94. The molecular weight excluding hydrogens is 347 g/mol. The number of carbonyl (C=O) groups excluding carboxylic acids is 1. The molecule has 1 aromatic rings. The minimum atomic E-state index is -4.44. The summed E-state index contributed by atoms with van der Waals surface area (Å²) < 4.78 is 45.8. The van der Waals surface area contributed by atoms with E-state index in [-0.39, 0.29) is 5.41 Å². The molecule has 1 N–H and O–H groups in total. The maximum atomic E-state index is 12.0. The minimum Gasteiger partial charge on any atom is -0.381 e. The van der Waals surface area contributed by atoms with Gasteiger partial charge in [-0.25, -0.2) is 0 Å². The Kier molecular flexibility index (Phi) is 6.48. The molecule has 2 rings (SSSR count). The molecule has 4 nitrogen and oxygen atoms in total. The van der Waals surface area contributed by atoms with Crippen molar-refractivity contribution in [1.29, 1.82) is 0 Å². The molecule has 24 heavy (non-hydrogen) atoms. The van der Waals surface area contributed by atoms with Crippen molar-refractivity contribution in [2.24, 2.45) is 0 Å². The van der Waals surface area contributed by atoms with Crippen molar-refractivity contribution < 1.29 is 27.4 Å². The lowest BCUT2D eigenvalue weighted by molar-refractivity contribution is -0.175. The van der Waals surface area contributed by atoms with E-state index in [4.69, 9.17) is 16.3 Å². The smallest absolute Gasteiger partial charge is 0.381 e. The van der Waals surface area contributed by atoms with Crippen LogP contribution >= 0.6 is 11.6 Å². The lowest BCUT2D eigenvalue weighted by atomic mass is 9.74. The maximum absolute atomic E-state index is 12.0. The number of carbonyl (C=O) groups is 1. The average molecular weight is 366 g/mol. The predicted molar refractivity (Wildman–Crippen MR) is 83.1 cm³/mol. The van der Waals surface area contributed by atoms with Crippen molar-refractivity contribution in [3.63, 3.8) is 0 Å². The van der Waals surface area contributed by atoms with Crippen LogP contribution in [0.2, 0.25) is 5.02 Å². The first-order chi connectivity index (χ1) is 11.3. The molecule has 0 atom stereocenters. The van der Waals surface area contributed by atoms with Crippen molar-refractivity contribution in [3.05, 3.63) is 34.9 Å². The summed E-state index contributed by atoms with van der Waals surface area (Å²) in [5.41, 5.74) is 0.637. The van der Waals surface area contributed by atoms with Gasteiger partial charge in [0.1, 0.15) is 13.2 Å². The van der Waals surface area contributed by atoms with Gasteiger partial charge in [0.25, 0.3) is 0 Å². The number of hydrogen-bond donors (Lipinski definition) is 1. The first-order valence-electron chi connectivity index (χ1n) is 7.56. The third-order valence-electron chi connectivity index (χ3n) is 4.01. The monoisotopic (exact) mass is 365 g/mol. The van der Waals surface area contributed by atoms with Gasteiger partial charge in [-0.3, -0.25) is 4.79 Å². The van der Waals surface area contributed by atoms with Crippen LogP contribution in [0.5, 0.6) is 0 Å². The van der Waals surface area contributed by atoms with Gasteiger partial charge < -0.3 is 14.8 Å². The molecule has 1 amide bonds. The average Bonchev–Trinajstić information content (AvgIpc) is 2.53. The third-order valence-corrected chi connectivity index (χ3v) is 4.24. The fourth-order valence-corrected chi connectivity index (χ4v) is 2.92. The van der Waals surface area contributed by atoms with Gasteiger partial charge in [0.05, 0.1) is 0 Å². The Morgan fingerprint density at radius 2 is 2.04 bits per heavy atom. The van der Waals surface area contributed by atoms with Crippen LogP contribution in [0.25, 0.3) is 0 Å². The van der Waals surface area contributed by atoms with Gasteiger partial charge in [0.15, 0.2) is 0 Å². The first kappa shape index (κ1) is 19.0. The molecule has 1 aromatic carbocycles. The molecule has 0 aromatic heterocycles. The summed E-state index contributed by atoms with van der Waals surface area (Å²) >= 11 is 6.05. The van der Waals surface area contributed by atoms with E-state index >= 15 is 0 Å². The summed E-state index contributed by atoms with van der Waals surface area (Å²) in [6, 6.07) is 7.38. The highest BCUT2D eigenvalue weighted by Crippen LogP contribution is 2.35. The van der Waals surface area contributed by atoms with Crippen molar-refractivity contribution in [3.8, 4) is 0 Å². The normalized spacial score (nSPS) is 17.5. The van der Waals surface area contributed by atoms with Crippen LogP contribution in [0.1, 0.15) is 18.4 Å². The summed E-state index contributed by atoms with van der Waals surface area (Å²) in [6.07, 6.45) is -3.06. The Labute approximate surface area is 143 Å². The highest BCUT2D eigenvalue weighted by atomic mass is 35.5. The number of halogens is 4. The van der Waals surface area contributed by atoms with Gasteiger partial charge in [0, 0.05) is 30.2 Å². The minimum absolute atomic E-state index is 0.297. The van der Waals surface area contributed by atoms with Crippen LogP contribution in [0.15, 0.2) is 24.3 Å². The van der Waals surface area contributed by atoms with E-state index in [1.165, 1.54) is 0 Å². The zero-order valence-corrected chi connectivity index (χ0v) is 13.8. The van der Waals surface area contributed by atoms with Gasteiger partial charge in [0.2, 0.25) is 5.91 Å². The molecule has 1 aliphatic rings. The summed E-state index contributed by atoms with van der Waals surface area (Å²) in [5, 5.41) is 3.26. The highest BCUT2D eigenvalue weighted by Gasteiger charge is 2.35. The number of hydrogen-bond acceptors (Lipinski definition) is 3. The van der Waals surface area contributed by atoms with E-state index in [9.17, 15) is 18.0 Å². The lowest BCUT2D eigenvalue weighted by Gasteiger charge is -2.38. The molecular formula is C16H19ClF3NO3. The van der Waals surface area contributed by atoms with Gasteiger partial charge in [-0.05, 0) is 30.5 Å². The number of amides is 1. The number of nitrogens with one attached hydrogen (secondary N) is 1. The van der Waals surface area contributed by atoms with Gasteiger partial charge in [-0.2, -0.15) is 13.2 Å². The third kappa shape index (κ3) is 5.65. The zero-order chi connectivity index (χ0) is 17.6. The molecule has 0 saturated carbocycles. The SMILES string of the molecule is O=C(COCC(F)(F)F)NCC1(c2cccc(Cl)c2)CCOCC1. The lowest BCUT2D eigenvalue weighted by Crippen LogP contribution is -2.45. The van der Waals surface area contributed by atoms with Crippen LogP contribution in [-0.2, 0) is 19.7 Å². The summed E-state index contributed by atoms with van der Waals surface area (Å²) in [5.74, 6) is -0.577. The Hall–Kier alpha value is -1.31.